The highest BCUT2D eigenvalue weighted by molar-refractivity contribution is 5.84. The second-order valence-corrected chi connectivity index (χ2v) is 3.68. The zero-order valence-corrected chi connectivity index (χ0v) is 10.0. The van der Waals surface area contributed by atoms with Gasteiger partial charge in [0, 0.05) is 12.5 Å². The molecule has 0 radical (unpaired) electrons. The van der Waals surface area contributed by atoms with Gasteiger partial charge in [0.25, 0.3) is 12.3 Å². The highest BCUT2D eigenvalue weighted by Gasteiger charge is 2.24. The lowest BCUT2D eigenvalue weighted by Gasteiger charge is -2.17. The van der Waals surface area contributed by atoms with Crippen LogP contribution < -0.4 is 5.32 Å². The van der Waals surface area contributed by atoms with Gasteiger partial charge in [-0.05, 0) is 12.1 Å². The zero-order chi connectivity index (χ0) is 14.4. The Kier molecular flexibility index (Phi) is 5.35. The molecule has 0 saturated carbocycles. The third-order valence-corrected chi connectivity index (χ3v) is 2.13. The highest BCUT2D eigenvalue weighted by Crippen LogP contribution is 2.18. The summed E-state index contributed by atoms with van der Waals surface area (Å²) in [5.41, 5.74) is 0.198. The van der Waals surface area contributed by atoms with Gasteiger partial charge in [0.1, 0.15) is 5.82 Å². The molecule has 1 N–H and O–H groups in total. The smallest absolute Gasteiger partial charge is 0.303 e. The van der Waals surface area contributed by atoms with E-state index < -0.39 is 36.8 Å². The molecule has 1 atom stereocenters. The number of amides is 1. The third kappa shape index (κ3) is 4.99. The molecule has 0 aliphatic carbocycles. The van der Waals surface area contributed by atoms with Crippen LogP contribution in [-0.4, -0.2) is 24.8 Å². The molecular weight excluding hydrogens is 263 g/mol. The van der Waals surface area contributed by atoms with E-state index in [1.807, 2.05) is 5.32 Å². The largest absolute Gasteiger partial charge is 0.447 e. The van der Waals surface area contributed by atoms with E-state index in [0.29, 0.717) is 0 Å². The number of hydrogen-bond donors (Lipinski definition) is 1. The number of esters is 1. The van der Waals surface area contributed by atoms with Crippen molar-refractivity contribution in [3.63, 3.8) is 0 Å². The first-order valence-corrected chi connectivity index (χ1v) is 5.38. The fraction of sp³-hybridized carbons (Fsp3) is 0.333. The van der Waals surface area contributed by atoms with Crippen LogP contribution in [0.5, 0.6) is 0 Å². The van der Waals surface area contributed by atoms with Crippen LogP contribution >= 0.6 is 0 Å². The average molecular weight is 275 g/mol. The molecule has 0 heterocycles. The van der Waals surface area contributed by atoms with E-state index in [1.54, 1.807) is 0 Å². The maximum atomic E-state index is 12.8. The van der Waals surface area contributed by atoms with Crippen molar-refractivity contribution >= 4 is 11.9 Å². The molecule has 4 nitrogen and oxygen atoms in total. The molecule has 1 amide bonds. The van der Waals surface area contributed by atoms with E-state index in [4.69, 9.17) is 4.74 Å². The first-order valence-electron chi connectivity index (χ1n) is 5.38. The van der Waals surface area contributed by atoms with Gasteiger partial charge in [-0.25, -0.2) is 13.2 Å². The molecule has 0 bridgehead atoms. The van der Waals surface area contributed by atoms with Gasteiger partial charge in [-0.3, -0.25) is 9.59 Å². The molecule has 1 aromatic carbocycles. The van der Waals surface area contributed by atoms with Crippen molar-refractivity contribution in [3.8, 4) is 0 Å². The molecule has 19 heavy (non-hydrogen) atoms. The summed E-state index contributed by atoms with van der Waals surface area (Å²) in [7, 11) is 0. The van der Waals surface area contributed by atoms with Crippen molar-refractivity contribution in [3.05, 3.63) is 35.6 Å². The van der Waals surface area contributed by atoms with Crippen LogP contribution in [0.1, 0.15) is 18.6 Å². The summed E-state index contributed by atoms with van der Waals surface area (Å²) in [6, 6.07) is 4.63. The van der Waals surface area contributed by atoms with Gasteiger partial charge in [0.05, 0.1) is 6.54 Å². The van der Waals surface area contributed by atoms with Gasteiger partial charge in [-0.15, -0.1) is 0 Å². The number of alkyl halides is 2. The third-order valence-electron chi connectivity index (χ3n) is 2.13. The summed E-state index contributed by atoms with van der Waals surface area (Å²) < 4.78 is 41.5. The number of ether oxygens (including phenoxy) is 1. The van der Waals surface area contributed by atoms with E-state index in [2.05, 4.69) is 0 Å². The number of rotatable bonds is 5. The number of halogens is 3. The van der Waals surface area contributed by atoms with Crippen molar-refractivity contribution in [1.29, 1.82) is 0 Å². The molecule has 0 aromatic heterocycles. The minimum Gasteiger partial charge on any atom is -0.447 e. The van der Waals surface area contributed by atoms with Crippen LogP contribution in [0.3, 0.4) is 0 Å². The van der Waals surface area contributed by atoms with Crippen LogP contribution in [0.4, 0.5) is 13.2 Å². The van der Waals surface area contributed by atoms with Crippen LogP contribution in [-0.2, 0) is 14.3 Å². The molecule has 0 aliphatic rings. The fourth-order valence-corrected chi connectivity index (χ4v) is 1.35. The molecule has 1 unspecified atom stereocenters. The molecule has 0 saturated heterocycles. The normalized spacial score (nSPS) is 12.1. The summed E-state index contributed by atoms with van der Waals surface area (Å²) in [6.07, 6.45) is -4.09. The maximum absolute atomic E-state index is 12.8. The van der Waals surface area contributed by atoms with Crippen molar-refractivity contribution in [2.75, 3.05) is 6.54 Å². The standard InChI is InChI=1S/C12H12F3NO3/c1-7(17)19-11(12(18)16-6-10(14)15)8-2-4-9(13)5-3-8/h2-5,10-11H,6H2,1H3,(H,16,18). The second-order valence-electron chi connectivity index (χ2n) is 3.68. The van der Waals surface area contributed by atoms with Gasteiger partial charge in [-0.2, -0.15) is 0 Å². The molecule has 104 valence electrons. The Hall–Kier alpha value is -2.05. The first kappa shape index (κ1) is 15.0. The Morgan fingerprint density at radius 3 is 2.32 bits per heavy atom. The van der Waals surface area contributed by atoms with Crippen LogP contribution in [0.2, 0.25) is 0 Å². The van der Waals surface area contributed by atoms with Gasteiger partial charge in [0.15, 0.2) is 0 Å². The SMILES string of the molecule is CC(=O)OC(C(=O)NCC(F)F)c1ccc(F)cc1. The summed E-state index contributed by atoms with van der Waals surface area (Å²) >= 11 is 0. The predicted octanol–water partition coefficient (Wildman–Crippen LogP) is 1.81. The Balaban J connectivity index is 2.84. The number of carbonyl (C=O) groups excluding carboxylic acids is 2. The van der Waals surface area contributed by atoms with Crippen LogP contribution in [0, 0.1) is 5.82 Å². The van der Waals surface area contributed by atoms with Crippen molar-refractivity contribution in [2.24, 2.45) is 0 Å². The van der Waals surface area contributed by atoms with Crippen molar-refractivity contribution < 1.29 is 27.5 Å². The van der Waals surface area contributed by atoms with Crippen LogP contribution in [0.25, 0.3) is 0 Å². The predicted molar refractivity (Wildman–Crippen MR) is 59.9 cm³/mol. The number of hydrogen-bond acceptors (Lipinski definition) is 3. The summed E-state index contributed by atoms with van der Waals surface area (Å²) in [5, 5.41) is 1.94. The lowest BCUT2D eigenvalue weighted by molar-refractivity contribution is -0.154. The first-order chi connectivity index (χ1) is 8.90. The Morgan fingerprint density at radius 2 is 1.84 bits per heavy atom. The number of carbonyl (C=O) groups is 2. The quantitative estimate of drug-likeness (QED) is 0.834. The minimum atomic E-state index is -2.71. The summed E-state index contributed by atoms with van der Waals surface area (Å²) in [4.78, 5) is 22.6. The summed E-state index contributed by atoms with van der Waals surface area (Å²) in [5.74, 6) is -2.16. The van der Waals surface area contributed by atoms with E-state index >= 15 is 0 Å². The lowest BCUT2D eigenvalue weighted by Crippen LogP contribution is -2.34. The number of benzene rings is 1. The molecule has 0 fully saturated rings. The lowest BCUT2D eigenvalue weighted by atomic mass is 10.1. The molecule has 7 heteroatoms. The van der Waals surface area contributed by atoms with E-state index in [0.717, 1.165) is 19.1 Å². The topological polar surface area (TPSA) is 55.4 Å². The minimum absolute atomic E-state index is 0.198. The maximum Gasteiger partial charge on any atom is 0.303 e. The second kappa shape index (κ2) is 6.77. The Labute approximate surface area is 107 Å². The van der Waals surface area contributed by atoms with E-state index in [-0.39, 0.29) is 5.56 Å². The van der Waals surface area contributed by atoms with Gasteiger partial charge in [0.2, 0.25) is 6.10 Å². The fourth-order valence-electron chi connectivity index (χ4n) is 1.35. The van der Waals surface area contributed by atoms with E-state index in [9.17, 15) is 22.8 Å². The van der Waals surface area contributed by atoms with Gasteiger partial charge < -0.3 is 10.1 Å². The zero-order valence-electron chi connectivity index (χ0n) is 10.0. The van der Waals surface area contributed by atoms with Gasteiger partial charge >= 0.3 is 5.97 Å². The highest BCUT2D eigenvalue weighted by atomic mass is 19.3. The van der Waals surface area contributed by atoms with Crippen molar-refractivity contribution in [1.82, 2.24) is 5.32 Å². The summed E-state index contributed by atoms with van der Waals surface area (Å²) in [6.45, 7) is 0.231. The molecule has 0 spiro atoms. The Bertz CT molecular complexity index is 448. The number of nitrogens with one attached hydrogen (secondary N) is 1. The molecule has 0 aliphatic heterocycles. The molecule has 1 aromatic rings. The van der Waals surface area contributed by atoms with E-state index in [1.165, 1.54) is 12.1 Å². The van der Waals surface area contributed by atoms with Gasteiger partial charge in [-0.1, -0.05) is 12.1 Å². The molecule has 1 rings (SSSR count). The van der Waals surface area contributed by atoms with Crippen LogP contribution in [0.15, 0.2) is 24.3 Å². The monoisotopic (exact) mass is 275 g/mol. The molecular formula is C12H12F3NO3. The Morgan fingerprint density at radius 1 is 1.26 bits per heavy atom. The van der Waals surface area contributed by atoms with Crippen molar-refractivity contribution in [2.45, 2.75) is 19.5 Å². The average Bonchev–Trinajstić information content (AvgIpc) is 2.34.